The molecule has 4 heteroatoms. The SMILES string of the molecule is CC(O)(CN=C(N)N1CCCCCC1)c1ccccc1. The zero-order chi connectivity index (χ0) is 14.4. The Hall–Kier alpha value is -1.55. The molecule has 4 nitrogen and oxygen atoms in total. The van der Waals surface area contributed by atoms with Crippen LogP contribution in [0.3, 0.4) is 0 Å². The van der Waals surface area contributed by atoms with E-state index < -0.39 is 5.60 Å². The van der Waals surface area contributed by atoms with Gasteiger partial charge in [-0.25, -0.2) is 4.99 Å². The van der Waals surface area contributed by atoms with E-state index in [1.807, 2.05) is 30.3 Å². The van der Waals surface area contributed by atoms with Gasteiger partial charge in [0, 0.05) is 13.1 Å². The minimum atomic E-state index is -0.974. The van der Waals surface area contributed by atoms with Gasteiger partial charge in [-0.2, -0.15) is 0 Å². The molecule has 0 aromatic heterocycles. The van der Waals surface area contributed by atoms with E-state index in [-0.39, 0.29) is 0 Å². The van der Waals surface area contributed by atoms with Gasteiger partial charge in [0.1, 0.15) is 5.60 Å². The third-order valence-electron chi connectivity index (χ3n) is 3.87. The summed E-state index contributed by atoms with van der Waals surface area (Å²) in [7, 11) is 0. The summed E-state index contributed by atoms with van der Waals surface area (Å²) in [6, 6.07) is 9.61. The lowest BCUT2D eigenvalue weighted by molar-refractivity contribution is 0.0670. The molecule has 0 bridgehead atoms. The maximum Gasteiger partial charge on any atom is 0.191 e. The van der Waals surface area contributed by atoms with E-state index in [0.717, 1.165) is 18.7 Å². The van der Waals surface area contributed by atoms with Gasteiger partial charge in [-0.15, -0.1) is 0 Å². The number of aliphatic hydroxyl groups is 1. The van der Waals surface area contributed by atoms with Crippen LogP contribution in [0.1, 0.15) is 38.2 Å². The molecule has 1 aliphatic rings. The van der Waals surface area contributed by atoms with Crippen LogP contribution in [0.5, 0.6) is 0 Å². The van der Waals surface area contributed by atoms with Crippen molar-refractivity contribution in [3.05, 3.63) is 35.9 Å². The second kappa shape index (κ2) is 6.75. The van der Waals surface area contributed by atoms with Crippen LogP contribution in [0.15, 0.2) is 35.3 Å². The number of rotatable bonds is 3. The lowest BCUT2D eigenvalue weighted by atomic mass is 9.96. The molecule has 1 fully saturated rings. The van der Waals surface area contributed by atoms with Crippen molar-refractivity contribution in [3.8, 4) is 0 Å². The summed E-state index contributed by atoms with van der Waals surface area (Å²) in [6.45, 7) is 4.02. The molecule has 2 rings (SSSR count). The van der Waals surface area contributed by atoms with Crippen LogP contribution in [0.4, 0.5) is 0 Å². The zero-order valence-electron chi connectivity index (χ0n) is 12.3. The van der Waals surface area contributed by atoms with Crippen molar-refractivity contribution >= 4 is 5.96 Å². The van der Waals surface area contributed by atoms with E-state index in [2.05, 4.69) is 9.89 Å². The average Bonchev–Trinajstić information content (AvgIpc) is 2.75. The molecule has 0 saturated carbocycles. The van der Waals surface area contributed by atoms with Crippen molar-refractivity contribution in [1.82, 2.24) is 4.90 Å². The molecule has 1 aromatic carbocycles. The summed E-state index contributed by atoms with van der Waals surface area (Å²) >= 11 is 0. The van der Waals surface area contributed by atoms with Crippen LogP contribution in [0, 0.1) is 0 Å². The Morgan fingerprint density at radius 2 is 1.80 bits per heavy atom. The molecular weight excluding hydrogens is 250 g/mol. The topological polar surface area (TPSA) is 61.9 Å². The van der Waals surface area contributed by atoms with E-state index in [4.69, 9.17) is 5.73 Å². The Morgan fingerprint density at radius 3 is 2.40 bits per heavy atom. The van der Waals surface area contributed by atoms with Crippen molar-refractivity contribution in [2.24, 2.45) is 10.7 Å². The van der Waals surface area contributed by atoms with Crippen LogP contribution in [0.2, 0.25) is 0 Å². The molecule has 1 saturated heterocycles. The number of aliphatic imine (C=N–C) groups is 1. The molecule has 1 aromatic rings. The highest BCUT2D eigenvalue weighted by Crippen LogP contribution is 2.20. The molecule has 1 unspecified atom stereocenters. The Kier molecular flexibility index (Phi) is 5.01. The van der Waals surface area contributed by atoms with Crippen LogP contribution in [0.25, 0.3) is 0 Å². The summed E-state index contributed by atoms with van der Waals surface area (Å²) in [6.07, 6.45) is 4.88. The minimum Gasteiger partial charge on any atom is -0.384 e. The summed E-state index contributed by atoms with van der Waals surface area (Å²) in [5.41, 5.74) is 5.96. The number of benzene rings is 1. The molecule has 1 atom stereocenters. The molecule has 20 heavy (non-hydrogen) atoms. The smallest absolute Gasteiger partial charge is 0.191 e. The Labute approximate surface area is 121 Å². The molecule has 0 amide bonds. The summed E-state index contributed by atoms with van der Waals surface area (Å²) in [5, 5.41) is 10.5. The molecule has 1 aliphatic heterocycles. The highest BCUT2D eigenvalue weighted by Gasteiger charge is 2.23. The molecule has 1 heterocycles. The van der Waals surface area contributed by atoms with E-state index in [0.29, 0.717) is 12.5 Å². The maximum absolute atomic E-state index is 10.5. The fourth-order valence-electron chi connectivity index (χ4n) is 2.52. The lowest BCUT2D eigenvalue weighted by Crippen LogP contribution is -2.39. The van der Waals surface area contributed by atoms with E-state index in [1.165, 1.54) is 25.7 Å². The van der Waals surface area contributed by atoms with Gasteiger partial charge in [-0.1, -0.05) is 43.2 Å². The number of nitrogens with zero attached hydrogens (tertiary/aromatic N) is 2. The first-order valence-corrected chi connectivity index (χ1v) is 7.42. The van der Waals surface area contributed by atoms with Crippen molar-refractivity contribution in [2.75, 3.05) is 19.6 Å². The zero-order valence-corrected chi connectivity index (χ0v) is 12.3. The van der Waals surface area contributed by atoms with Gasteiger partial charge in [0.2, 0.25) is 0 Å². The number of likely N-dealkylation sites (tertiary alicyclic amines) is 1. The first-order chi connectivity index (χ1) is 9.59. The van der Waals surface area contributed by atoms with E-state index >= 15 is 0 Å². The van der Waals surface area contributed by atoms with Crippen molar-refractivity contribution in [1.29, 1.82) is 0 Å². The van der Waals surface area contributed by atoms with Crippen LogP contribution in [-0.4, -0.2) is 35.6 Å². The fraction of sp³-hybridized carbons (Fsp3) is 0.562. The lowest BCUT2D eigenvalue weighted by Gasteiger charge is -2.25. The van der Waals surface area contributed by atoms with E-state index in [1.54, 1.807) is 6.92 Å². The molecule has 0 spiro atoms. The normalized spacial score (nSPS) is 20.3. The molecular formula is C16H25N3O. The van der Waals surface area contributed by atoms with Gasteiger partial charge in [-0.05, 0) is 25.3 Å². The standard InChI is InChI=1S/C16H25N3O/c1-16(20,14-9-5-4-6-10-14)13-18-15(17)19-11-7-2-3-8-12-19/h4-6,9-10,20H,2-3,7-8,11-13H2,1H3,(H2,17,18). The van der Waals surface area contributed by atoms with Crippen LogP contribution in [-0.2, 0) is 5.60 Å². The maximum atomic E-state index is 10.5. The number of hydrogen-bond donors (Lipinski definition) is 2. The average molecular weight is 275 g/mol. The third-order valence-corrected chi connectivity index (χ3v) is 3.87. The predicted molar refractivity (Wildman–Crippen MR) is 82.5 cm³/mol. The minimum absolute atomic E-state index is 0.291. The van der Waals surface area contributed by atoms with Gasteiger partial charge in [0.15, 0.2) is 5.96 Å². The molecule has 110 valence electrons. The summed E-state index contributed by atoms with van der Waals surface area (Å²) in [4.78, 5) is 6.54. The monoisotopic (exact) mass is 275 g/mol. The second-order valence-corrected chi connectivity index (χ2v) is 5.72. The number of guanidine groups is 1. The van der Waals surface area contributed by atoms with E-state index in [9.17, 15) is 5.11 Å². The van der Waals surface area contributed by atoms with Gasteiger partial charge in [-0.3, -0.25) is 0 Å². The highest BCUT2D eigenvalue weighted by molar-refractivity contribution is 5.78. The van der Waals surface area contributed by atoms with Crippen LogP contribution >= 0.6 is 0 Å². The fourth-order valence-corrected chi connectivity index (χ4v) is 2.52. The Balaban J connectivity index is 2.00. The first-order valence-electron chi connectivity index (χ1n) is 7.42. The summed E-state index contributed by atoms with van der Waals surface area (Å²) in [5.74, 6) is 0.558. The van der Waals surface area contributed by atoms with Gasteiger partial charge >= 0.3 is 0 Å². The van der Waals surface area contributed by atoms with Gasteiger partial charge in [0.05, 0.1) is 6.54 Å². The van der Waals surface area contributed by atoms with Crippen molar-refractivity contribution in [3.63, 3.8) is 0 Å². The largest absolute Gasteiger partial charge is 0.384 e. The van der Waals surface area contributed by atoms with Crippen molar-refractivity contribution in [2.45, 2.75) is 38.2 Å². The predicted octanol–water partition coefficient (Wildman–Crippen LogP) is 2.08. The quantitative estimate of drug-likeness (QED) is 0.656. The van der Waals surface area contributed by atoms with Crippen molar-refractivity contribution < 1.29 is 5.11 Å². The Morgan fingerprint density at radius 1 is 1.20 bits per heavy atom. The molecule has 0 radical (unpaired) electrons. The number of nitrogens with two attached hydrogens (primary N) is 1. The number of hydrogen-bond acceptors (Lipinski definition) is 2. The van der Waals surface area contributed by atoms with Gasteiger partial charge in [0.25, 0.3) is 0 Å². The molecule has 0 aliphatic carbocycles. The van der Waals surface area contributed by atoms with Crippen LogP contribution < -0.4 is 5.73 Å². The summed E-state index contributed by atoms with van der Waals surface area (Å²) < 4.78 is 0. The first kappa shape index (κ1) is 14.9. The highest BCUT2D eigenvalue weighted by atomic mass is 16.3. The second-order valence-electron chi connectivity index (χ2n) is 5.72. The third kappa shape index (κ3) is 3.97. The molecule has 3 N–H and O–H groups in total. The Bertz CT molecular complexity index is 434. The van der Waals surface area contributed by atoms with Gasteiger partial charge < -0.3 is 15.7 Å².